The van der Waals surface area contributed by atoms with Crippen LogP contribution in [-0.2, 0) is 11.2 Å². The predicted octanol–water partition coefficient (Wildman–Crippen LogP) is 4.44. The van der Waals surface area contributed by atoms with E-state index in [1.54, 1.807) is 11.3 Å². The monoisotopic (exact) mass is 343 g/mol. The number of carbonyl (C=O) groups excluding carboxylic acids is 1. The normalized spacial score (nSPS) is 14.9. The van der Waals surface area contributed by atoms with Crippen molar-refractivity contribution in [2.75, 3.05) is 23.3 Å². The smallest absolute Gasteiger partial charge is 0.230 e. The van der Waals surface area contributed by atoms with Crippen molar-refractivity contribution in [3.05, 3.63) is 40.3 Å². The van der Waals surface area contributed by atoms with Crippen molar-refractivity contribution < 1.29 is 4.79 Å². The zero-order chi connectivity index (χ0) is 16.9. The molecule has 2 aromatic rings. The van der Waals surface area contributed by atoms with Gasteiger partial charge in [0.1, 0.15) is 0 Å². The molecule has 0 atom stereocenters. The van der Waals surface area contributed by atoms with Crippen molar-refractivity contribution in [2.24, 2.45) is 0 Å². The molecule has 0 spiro atoms. The second-order valence-corrected chi connectivity index (χ2v) is 7.54. The van der Waals surface area contributed by atoms with Crippen LogP contribution in [0.5, 0.6) is 0 Å². The number of thiazole rings is 1. The molecule has 3 rings (SSSR count). The highest BCUT2D eigenvalue weighted by Crippen LogP contribution is 2.22. The van der Waals surface area contributed by atoms with Gasteiger partial charge in [0.15, 0.2) is 0 Å². The number of nitrogens with one attached hydrogen (secondary N) is 1. The van der Waals surface area contributed by atoms with E-state index in [1.807, 2.05) is 17.5 Å². The van der Waals surface area contributed by atoms with Crippen molar-refractivity contribution in [3.8, 4) is 0 Å². The number of hydrogen-bond acceptors (Lipinski definition) is 4. The minimum Gasteiger partial charge on any atom is -0.372 e. The van der Waals surface area contributed by atoms with Crippen LogP contribution in [0.4, 0.5) is 11.4 Å². The molecule has 5 heteroatoms. The van der Waals surface area contributed by atoms with Crippen LogP contribution in [0.1, 0.15) is 49.7 Å². The highest BCUT2D eigenvalue weighted by atomic mass is 32.1. The van der Waals surface area contributed by atoms with E-state index in [9.17, 15) is 4.79 Å². The lowest BCUT2D eigenvalue weighted by atomic mass is 10.1. The van der Waals surface area contributed by atoms with Crippen molar-refractivity contribution in [3.63, 3.8) is 0 Å². The maximum Gasteiger partial charge on any atom is 0.230 e. The second kappa shape index (κ2) is 7.79. The van der Waals surface area contributed by atoms with Crippen LogP contribution in [0, 0.1) is 0 Å². The van der Waals surface area contributed by atoms with E-state index in [0.29, 0.717) is 12.3 Å². The summed E-state index contributed by atoms with van der Waals surface area (Å²) in [6.45, 7) is 6.50. The average Bonchev–Trinajstić information content (AvgIpc) is 3.05. The molecule has 0 radical (unpaired) electrons. The molecule has 128 valence electrons. The van der Waals surface area contributed by atoms with Gasteiger partial charge in [0, 0.05) is 35.8 Å². The topological polar surface area (TPSA) is 45.2 Å². The van der Waals surface area contributed by atoms with Gasteiger partial charge < -0.3 is 10.2 Å². The number of aromatic nitrogens is 1. The zero-order valence-corrected chi connectivity index (χ0v) is 15.2. The summed E-state index contributed by atoms with van der Waals surface area (Å²) in [5.41, 5.74) is 2.94. The van der Waals surface area contributed by atoms with Crippen LogP contribution in [-0.4, -0.2) is 24.0 Å². The molecule has 1 fully saturated rings. The third-order valence-electron chi connectivity index (χ3n) is 4.28. The van der Waals surface area contributed by atoms with E-state index in [0.717, 1.165) is 29.5 Å². The molecular weight excluding hydrogens is 318 g/mol. The van der Waals surface area contributed by atoms with E-state index >= 15 is 0 Å². The molecule has 1 aliphatic heterocycles. The standard InChI is InChI=1S/C19H25N3OS/c1-14(2)19-21-16(13-24-19)12-18(23)20-15-6-8-17(9-7-15)22-10-4-3-5-11-22/h6-9,13-14H,3-5,10-12H2,1-2H3,(H,20,23). The molecule has 1 aromatic carbocycles. The number of anilines is 2. The number of benzene rings is 1. The fourth-order valence-corrected chi connectivity index (χ4v) is 3.78. The Balaban J connectivity index is 1.55. The van der Waals surface area contributed by atoms with Gasteiger partial charge in [-0.1, -0.05) is 13.8 Å². The van der Waals surface area contributed by atoms with Gasteiger partial charge >= 0.3 is 0 Å². The molecule has 1 amide bonds. The largest absolute Gasteiger partial charge is 0.372 e. The van der Waals surface area contributed by atoms with E-state index in [1.165, 1.54) is 24.9 Å². The number of piperidine rings is 1. The summed E-state index contributed by atoms with van der Waals surface area (Å²) in [5, 5.41) is 6.03. The summed E-state index contributed by atoms with van der Waals surface area (Å²) in [4.78, 5) is 19.1. The molecular formula is C19H25N3OS. The van der Waals surface area contributed by atoms with E-state index in [-0.39, 0.29) is 5.91 Å². The van der Waals surface area contributed by atoms with Gasteiger partial charge in [0.2, 0.25) is 5.91 Å². The molecule has 2 heterocycles. The number of hydrogen-bond donors (Lipinski definition) is 1. The minimum atomic E-state index is -0.0127. The molecule has 0 aliphatic carbocycles. The predicted molar refractivity (Wildman–Crippen MR) is 101 cm³/mol. The lowest BCUT2D eigenvalue weighted by molar-refractivity contribution is -0.115. The Morgan fingerprint density at radius 2 is 1.92 bits per heavy atom. The van der Waals surface area contributed by atoms with Gasteiger partial charge in [-0.25, -0.2) is 4.98 Å². The quantitative estimate of drug-likeness (QED) is 0.873. The summed E-state index contributed by atoms with van der Waals surface area (Å²) in [7, 11) is 0. The molecule has 1 aliphatic rings. The summed E-state index contributed by atoms with van der Waals surface area (Å²) < 4.78 is 0. The second-order valence-electron chi connectivity index (χ2n) is 6.65. The fourth-order valence-electron chi connectivity index (χ4n) is 2.95. The van der Waals surface area contributed by atoms with Gasteiger partial charge in [-0.15, -0.1) is 11.3 Å². The van der Waals surface area contributed by atoms with E-state index in [4.69, 9.17) is 0 Å². The van der Waals surface area contributed by atoms with Gasteiger partial charge in [0.25, 0.3) is 0 Å². The molecule has 1 aromatic heterocycles. The Morgan fingerprint density at radius 1 is 1.21 bits per heavy atom. The number of amides is 1. The molecule has 1 saturated heterocycles. The van der Waals surface area contributed by atoms with Crippen LogP contribution in [0.2, 0.25) is 0 Å². The first-order chi connectivity index (χ1) is 11.6. The van der Waals surface area contributed by atoms with Gasteiger partial charge in [0.05, 0.1) is 17.1 Å². The van der Waals surface area contributed by atoms with Crippen molar-refractivity contribution in [1.82, 2.24) is 4.98 Å². The van der Waals surface area contributed by atoms with Gasteiger partial charge in [-0.05, 0) is 43.5 Å². The van der Waals surface area contributed by atoms with Gasteiger partial charge in [-0.2, -0.15) is 0 Å². The zero-order valence-electron chi connectivity index (χ0n) is 14.4. The Labute approximate surface area is 147 Å². The van der Waals surface area contributed by atoms with Crippen molar-refractivity contribution in [1.29, 1.82) is 0 Å². The Morgan fingerprint density at radius 3 is 2.54 bits per heavy atom. The first-order valence-corrected chi connectivity index (χ1v) is 9.59. The molecule has 0 bridgehead atoms. The Kier molecular flexibility index (Phi) is 5.51. The van der Waals surface area contributed by atoms with Crippen LogP contribution in [0.3, 0.4) is 0 Å². The summed E-state index contributed by atoms with van der Waals surface area (Å²) >= 11 is 1.63. The summed E-state index contributed by atoms with van der Waals surface area (Å²) in [6.07, 6.45) is 4.20. The first kappa shape index (κ1) is 17.0. The molecule has 1 N–H and O–H groups in total. The van der Waals surface area contributed by atoms with E-state index < -0.39 is 0 Å². The maximum absolute atomic E-state index is 12.2. The first-order valence-electron chi connectivity index (χ1n) is 8.71. The SMILES string of the molecule is CC(C)c1nc(CC(=O)Nc2ccc(N3CCCCC3)cc2)cs1. The number of carbonyl (C=O) groups is 1. The third-order valence-corrected chi connectivity index (χ3v) is 5.47. The Bertz CT molecular complexity index is 672. The summed E-state index contributed by atoms with van der Waals surface area (Å²) in [5.74, 6) is 0.399. The molecule has 4 nitrogen and oxygen atoms in total. The van der Waals surface area contributed by atoms with Crippen LogP contribution >= 0.6 is 11.3 Å². The van der Waals surface area contributed by atoms with E-state index in [2.05, 4.69) is 41.2 Å². The number of rotatable bonds is 5. The highest BCUT2D eigenvalue weighted by Gasteiger charge is 2.12. The van der Waals surface area contributed by atoms with Crippen molar-refractivity contribution >= 4 is 28.6 Å². The lowest BCUT2D eigenvalue weighted by Crippen LogP contribution is -2.29. The lowest BCUT2D eigenvalue weighted by Gasteiger charge is -2.28. The van der Waals surface area contributed by atoms with Crippen molar-refractivity contribution in [2.45, 2.75) is 45.4 Å². The Hall–Kier alpha value is -1.88. The van der Waals surface area contributed by atoms with Gasteiger partial charge in [-0.3, -0.25) is 4.79 Å². The number of nitrogens with zero attached hydrogens (tertiary/aromatic N) is 2. The van der Waals surface area contributed by atoms with Crippen LogP contribution < -0.4 is 10.2 Å². The third kappa shape index (κ3) is 4.35. The molecule has 0 saturated carbocycles. The highest BCUT2D eigenvalue weighted by molar-refractivity contribution is 7.09. The molecule has 0 unspecified atom stereocenters. The molecule has 24 heavy (non-hydrogen) atoms. The van der Waals surface area contributed by atoms with Crippen LogP contribution in [0.15, 0.2) is 29.6 Å². The maximum atomic E-state index is 12.2. The fraction of sp³-hybridized carbons (Fsp3) is 0.474. The summed E-state index contributed by atoms with van der Waals surface area (Å²) in [6, 6.07) is 8.17. The minimum absolute atomic E-state index is 0.0127. The average molecular weight is 343 g/mol. The van der Waals surface area contributed by atoms with Crippen LogP contribution in [0.25, 0.3) is 0 Å².